The molecule has 17 nitrogen and oxygen atoms in total. The zero-order valence-corrected chi connectivity index (χ0v) is 61.6. The fraction of sp³-hybridized carbons (Fsp3) is 0.945. The van der Waals surface area contributed by atoms with E-state index in [9.17, 15) is 43.2 Å². The van der Waals surface area contributed by atoms with Crippen molar-refractivity contribution in [1.29, 1.82) is 0 Å². The Morgan fingerprint density at radius 2 is 0.500 bits per heavy atom. The average molecular weight is 1350 g/mol. The highest BCUT2D eigenvalue weighted by molar-refractivity contribution is 7.47. The molecule has 0 aromatic rings. The third kappa shape index (κ3) is 66.7. The Balaban J connectivity index is 5.21. The van der Waals surface area contributed by atoms with Gasteiger partial charge in [0.1, 0.15) is 19.3 Å². The Hall–Kier alpha value is -1.94. The maximum Gasteiger partial charge on any atom is 0.472 e. The van der Waals surface area contributed by atoms with E-state index in [2.05, 4.69) is 41.5 Å². The first-order valence-corrected chi connectivity index (χ1v) is 41.0. The summed E-state index contributed by atoms with van der Waals surface area (Å²) < 4.78 is 68.3. The van der Waals surface area contributed by atoms with Crippen LogP contribution in [0.4, 0.5) is 0 Å². The molecule has 0 spiro atoms. The highest BCUT2D eigenvalue weighted by atomic mass is 31.2. The summed E-state index contributed by atoms with van der Waals surface area (Å²) in [6.07, 6.45) is 51.4. The first-order valence-electron chi connectivity index (χ1n) is 38.0. The number of aliphatic hydroxyl groups is 1. The number of esters is 4. The molecule has 0 aromatic carbocycles. The molecule has 2 unspecified atom stereocenters. The Morgan fingerprint density at radius 3 is 0.739 bits per heavy atom. The number of phosphoric ester groups is 2. The number of carbonyl (C=O) groups excluding carboxylic acids is 4. The standard InChI is InChI=1S/C73H142O17P2/c1-7-9-11-13-15-17-18-23-27-31-38-44-50-56-71(76)84-62-68(89-72(77)57-51-45-39-32-28-25-22-20-19-21-24-26-30-35-41-47-53-65(3)4)63-87-91(79,80)85-59-67(74)60-86-92(81,82)88-64-69(61-83-70(75)55-49-43-37-29-16-14-12-10-8-2)90-73(78)58-52-46-40-34-33-36-42-48-54-66(5)6/h65-69,74H,7-64H2,1-6H3,(H,79,80)(H,81,82)/t67-,68-,69-/m1/s1. The van der Waals surface area contributed by atoms with Crippen LogP contribution in [0.3, 0.4) is 0 Å². The van der Waals surface area contributed by atoms with E-state index in [1.165, 1.54) is 193 Å². The largest absolute Gasteiger partial charge is 0.472 e. The van der Waals surface area contributed by atoms with E-state index in [1.54, 1.807) is 0 Å². The van der Waals surface area contributed by atoms with E-state index in [0.29, 0.717) is 25.7 Å². The van der Waals surface area contributed by atoms with Gasteiger partial charge in [-0.15, -0.1) is 0 Å². The molecule has 0 radical (unpaired) electrons. The molecule has 3 N–H and O–H groups in total. The second-order valence-corrected chi connectivity index (χ2v) is 30.2. The van der Waals surface area contributed by atoms with Crippen LogP contribution in [-0.4, -0.2) is 96.7 Å². The Kier molecular flexibility index (Phi) is 63.7. The van der Waals surface area contributed by atoms with Gasteiger partial charge in [-0.1, -0.05) is 324 Å². The minimum atomic E-state index is -4.95. The molecule has 546 valence electrons. The summed E-state index contributed by atoms with van der Waals surface area (Å²) in [5.74, 6) is -0.594. The quantitative estimate of drug-likeness (QED) is 0.0222. The lowest BCUT2D eigenvalue weighted by Gasteiger charge is -2.21. The minimum Gasteiger partial charge on any atom is -0.462 e. The van der Waals surface area contributed by atoms with Crippen molar-refractivity contribution in [2.24, 2.45) is 11.8 Å². The monoisotopic (exact) mass is 1350 g/mol. The Bertz CT molecular complexity index is 1790. The molecule has 0 rings (SSSR count). The average Bonchev–Trinajstić information content (AvgIpc) is 1.78. The maximum atomic E-state index is 13.1. The van der Waals surface area contributed by atoms with Crippen molar-refractivity contribution in [1.82, 2.24) is 0 Å². The van der Waals surface area contributed by atoms with Gasteiger partial charge in [-0.25, -0.2) is 9.13 Å². The van der Waals surface area contributed by atoms with Gasteiger partial charge in [0, 0.05) is 25.7 Å². The lowest BCUT2D eigenvalue weighted by atomic mass is 10.0. The minimum absolute atomic E-state index is 0.105. The molecule has 0 heterocycles. The molecule has 0 saturated heterocycles. The number of hydrogen-bond acceptors (Lipinski definition) is 15. The number of aliphatic hydroxyl groups excluding tert-OH is 1. The van der Waals surface area contributed by atoms with Crippen LogP contribution in [-0.2, 0) is 65.4 Å². The van der Waals surface area contributed by atoms with Crippen LogP contribution < -0.4 is 0 Å². The molecule has 0 bridgehead atoms. The summed E-state index contributed by atoms with van der Waals surface area (Å²) in [4.78, 5) is 72.6. The van der Waals surface area contributed by atoms with Gasteiger partial charge in [0.2, 0.25) is 0 Å². The number of ether oxygens (including phenoxy) is 4. The lowest BCUT2D eigenvalue weighted by Crippen LogP contribution is -2.30. The van der Waals surface area contributed by atoms with Gasteiger partial charge in [0.15, 0.2) is 12.2 Å². The van der Waals surface area contributed by atoms with Gasteiger partial charge in [-0.3, -0.25) is 37.3 Å². The number of unbranched alkanes of at least 4 members (excludes halogenated alkanes) is 42. The normalized spacial score (nSPS) is 14.1. The van der Waals surface area contributed by atoms with E-state index in [4.69, 9.17) is 37.0 Å². The number of rotatable bonds is 72. The molecule has 19 heteroatoms. The van der Waals surface area contributed by atoms with Gasteiger partial charge in [-0.05, 0) is 37.5 Å². The van der Waals surface area contributed by atoms with Crippen molar-refractivity contribution in [3.8, 4) is 0 Å². The SMILES string of the molecule is CCCCCCCCCCCCCCCC(=O)OC[C@H](COP(=O)(O)OC[C@@H](O)COP(=O)(O)OC[C@@H](COC(=O)CCCCCCCCCCC)OC(=O)CCCCCCCCCCC(C)C)OC(=O)CCCCCCCCCCCCCCCCCCC(C)C. The van der Waals surface area contributed by atoms with Crippen molar-refractivity contribution in [2.75, 3.05) is 39.6 Å². The first-order chi connectivity index (χ1) is 44.4. The maximum absolute atomic E-state index is 13.1. The van der Waals surface area contributed by atoms with E-state index < -0.39 is 97.5 Å². The summed E-state index contributed by atoms with van der Waals surface area (Å²) in [7, 11) is -9.90. The highest BCUT2D eigenvalue weighted by Gasteiger charge is 2.30. The molecule has 0 aliphatic rings. The van der Waals surface area contributed by atoms with E-state index in [0.717, 1.165) is 102 Å². The molecule has 0 fully saturated rings. The molecule has 92 heavy (non-hydrogen) atoms. The summed E-state index contributed by atoms with van der Waals surface area (Å²) in [5, 5.41) is 10.6. The summed E-state index contributed by atoms with van der Waals surface area (Å²) in [6.45, 7) is 9.55. The molecule has 0 aromatic heterocycles. The number of phosphoric acid groups is 2. The zero-order valence-electron chi connectivity index (χ0n) is 59.9. The molecular formula is C73H142O17P2. The van der Waals surface area contributed by atoms with Crippen molar-refractivity contribution in [2.45, 2.75) is 394 Å². The molecule has 0 aliphatic heterocycles. The van der Waals surface area contributed by atoms with Gasteiger partial charge in [-0.2, -0.15) is 0 Å². The van der Waals surface area contributed by atoms with Gasteiger partial charge >= 0.3 is 39.5 Å². The van der Waals surface area contributed by atoms with Crippen molar-refractivity contribution in [3.63, 3.8) is 0 Å². The van der Waals surface area contributed by atoms with E-state index in [1.807, 2.05) is 0 Å². The predicted molar refractivity (Wildman–Crippen MR) is 372 cm³/mol. The van der Waals surface area contributed by atoms with E-state index in [-0.39, 0.29) is 25.7 Å². The summed E-state index contributed by atoms with van der Waals surface area (Å²) in [6, 6.07) is 0. The zero-order chi connectivity index (χ0) is 67.9. The van der Waals surface area contributed by atoms with Crippen LogP contribution in [0.25, 0.3) is 0 Å². The lowest BCUT2D eigenvalue weighted by molar-refractivity contribution is -0.161. The number of hydrogen-bond donors (Lipinski definition) is 3. The second kappa shape index (κ2) is 65.0. The fourth-order valence-corrected chi connectivity index (χ4v) is 12.7. The fourth-order valence-electron chi connectivity index (χ4n) is 11.1. The number of carbonyl (C=O) groups is 4. The van der Waals surface area contributed by atoms with Crippen LogP contribution in [0.5, 0.6) is 0 Å². The topological polar surface area (TPSA) is 237 Å². The van der Waals surface area contributed by atoms with Gasteiger partial charge in [0.05, 0.1) is 26.4 Å². The van der Waals surface area contributed by atoms with Crippen LogP contribution in [0.15, 0.2) is 0 Å². The molecular weight excluding hydrogens is 1210 g/mol. The third-order valence-corrected chi connectivity index (χ3v) is 18.9. The first kappa shape index (κ1) is 90.1. The third-order valence-electron chi connectivity index (χ3n) is 17.0. The summed E-state index contributed by atoms with van der Waals surface area (Å²) >= 11 is 0. The predicted octanol–water partition coefficient (Wildman–Crippen LogP) is 21.2. The van der Waals surface area contributed by atoms with Crippen molar-refractivity contribution < 1.29 is 80.2 Å². The Labute approximate surface area is 562 Å². The van der Waals surface area contributed by atoms with Crippen LogP contribution in [0, 0.1) is 11.8 Å². The van der Waals surface area contributed by atoms with Crippen LogP contribution in [0.2, 0.25) is 0 Å². The summed E-state index contributed by atoms with van der Waals surface area (Å²) in [5.41, 5.74) is 0. The smallest absolute Gasteiger partial charge is 0.462 e. The van der Waals surface area contributed by atoms with Gasteiger partial charge in [0.25, 0.3) is 0 Å². The molecule has 5 atom stereocenters. The molecule has 0 amide bonds. The van der Waals surface area contributed by atoms with E-state index >= 15 is 0 Å². The Morgan fingerprint density at radius 1 is 0.293 bits per heavy atom. The molecule has 0 saturated carbocycles. The second-order valence-electron chi connectivity index (χ2n) is 27.3. The van der Waals surface area contributed by atoms with Crippen molar-refractivity contribution >= 4 is 39.5 Å². The van der Waals surface area contributed by atoms with Crippen LogP contribution >= 0.6 is 15.6 Å². The van der Waals surface area contributed by atoms with Crippen molar-refractivity contribution in [3.05, 3.63) is 0 Å². The highest BCUT2D eigenvalue weighted by Crippen LogP contribution is 2.45. The van der Waals surface area contributed by atoms with Gasteiger partial charge < -0.3 is 33.8 Å². The molecule has 0 aliphatic carbocycles. The van der Waals surface area contributed by atoms with Crippen LogP contribution in [0.1, 0.15) is 375 Å².